The molecule has 3 nitrogen and oxygen atoms in total. The molecule has 0 saturated carbocycles. The first kappa shape index (κ1) is 10.8. The van der Waals surface area contributed by atoms with E-state index in [0.29, 0.717) is 23.2 Å². The molecule has 2 N–H and O–H groups in total. The van der Waals surface area contributed by atoms with Gasteiger partial charge < -0.3 is 10.5 Å². The molecule has 1 aromatic heterocycles. The molecule has 1 heterocycles. The molecule has 0 aliphatic rings. The van der Waals surface area contributed by atoms with Crippen molar-refractivity contribution >= 4 is 17.4 Å². The second kappa shape index (κ2) is 4.86. The van der Waals surface area contributed by atoms with Crippen molar-refractivity contribution in [2.75, 3.05) is 5.73 Å². The topological polar surface area (TPSA) is 48.1 Å². The molecule has 0 aliphatic heterocycles. The van der Waals surface area contributed by atoms with Crippen LogP contribution in [0.25, 0.3) is 0 Å². The van der Waals surface area contributed by atoms with Crippen LogP contribution in [0.3, 0.4) is 0 Å². The van der Waals surface area contributed by atoms with Crippen molar-refractivity contribution < 1.29 is 4.74 Å². The van der Waals surface area contributed by atoms with Gasteiger partial charge >= 0.3 is 0 Å². The number of nitrogens with zero attached hydrogens (tertiary/aromatic N) is 1. The average molecular weight is 235 g/mol. The van der Waals surface area contributed by atoms with E-state index in [1.165, 1.54) is 0 Å². The number of hydrogen-bond acceptors (Lipinski definition) is 3. The summed E-state index contributed by atoms with van der Waals surface area (Å²) >= 11 is 5.95. The van der Waals surface area contributed by atoms with Gasteiger partial charge in [-0.1, -0.05) is 41.9 Å². The molecule has 0 aliphatic carbocycles. The molecular weight excluding hydrogens is 224 g/mol. The molecule has 0 amide bonds. The lowest BCUT2D eigenvalue weighted by Crippen LogP contribution is -2.00. The third-order valence-electron chi connectivity index (χ3n) is 2.11. The molecule has 4 heteroatoms. The first-order valence-corrected chi connectivity index (χ1v) is 5.22. The van der Waals surface area contributed by atoms with Gasteiger partial charge in [0.1, 0.15) is 6.61 Å². The molecule has 0 fully saturated rings. The first-order chi connectivity index (χ1) is 7.77. The van der Waals surface area contributed by atoms with Gasteiger partial charge in [-0.2, -0.15) is 0 Å². The number of aromatic nitrogens is 1. The van der Waals surface area contributed by atoms with E-state index in [0.717, 1.165) is 5.56 Å². The monoisotopic (exact) mass is 234 g/mol. The molecule has 2 rings (SSSR count). The van der Waals surface area contributed by atoms with E-state index in [1.807, 2.05) is 30.3 Å². The normalized spacial score (nSPS) is 10.1. The third-order valence-corrected chi connectivity index (χ3v) is 2.41. The van der Waals surface area contributed by atoms with Gasteiger partial charge in [-0.25, -0.2) is 4.98 Å². The molecule has 0 unspecified atom stereocenters. The van der Waals surface area contributed by atoms with Gasteiger partial charge in [0.25, 0.3) is 0 Å². The van der Waals surface area contributed by atoms with Crippen LogP contribution in [0.4, 0.5) is 5.82 Å². The SMILES string of the molecule is Nc1nccc(Cl)c1OCc1ccccc1. The number of rotatable bonds is 3. The fourth-order valence-electron chi connectivity index (χ4n) is 1.31. The van der Waals surface area contributed by atoms with Gasteiger partial charge in [0.15, 0.2) is 11.6 Å². The zero-order chi connectivity index (χ0) is 11.4. The molecular formula is C12H11ClN2O. The fourth-order valence-corrected chi connectivity index (χ4v) is 1.52. The van der Waals surface area contributed by atoms with Crippen LogP contribution in [0.2, 0.25) is 5.02 Å². The Balaban J connectivity index is 2.11. The maximum Gasteiger partial charge on any atom is 0.180 e. The predicted octanol–water partition coefficient (Wildman–Crippen LogP) is 2.90. The first-order valence-electron chi connectivity index (χ1n) is 4.84. The molecule has 0 bridgehead atoms. The van der Waals surface area contributed by atoms with Crippen LogP contribution in [0.15, 0.2) is 42.6 Å². The Morgan fingerprint density at radius 2 is 1.94 bits per heavy atom. The number of anilines is 1. The Bertz CT molecular complexity index is 453. The van der Waals surface area contributed by atoms with Crippen molar-refractivity contribution in [3.8, 4) is 5.75 Å². The second-order valence-electron chi connectivity index (χ2n) is 3.28. The van der Waals surface area contributed by atoms with E-state index in [4.69, 9.17) is 22.1 Å². The van der Waals surface area contributed by atoms with E-state index in [1.54, 1.807) is 12.3 Å². The number of benzene rings is 1. The quantitative estimate of drug-likeness (QED) is 0.888. The summed E-state index contributed by atoms with van der Waals surface area (Å²) in [4.78, 5) is 3.92. The summed E-state index contributed by atoms with van der Waals surface area (Å²) < 4.78 is 5.53. The van der Waals surface area contributed by atoms with E-state index in [-0.39, 0.29) is 0 Å². The number of pyridine rings is 1. The van der Waals surface area contributed by atoms with Crippen LogP contribution >= 0.6 is 11.6 Å². The lowest BCUT2D eigenvalue weighted by Gasteiger charge is -2.09. The van der Waals surface area contributed by atoms with Crippen molar-refractivity contribution in [3.63, 3.8) is 0 Å². The van der Waals surface area contributed by atoms with Crippen LogP contribution in [0.1, 0.15) is 5.56 Å². The van der Waals surface area contributed by atoms with Gasteiger partial charge in [-0.15, -0.1) is 0 Å². The molecule has 1 aromatic carbocycles. The van der Waals surface area contributed by atoms with Gasteiger partial charge in [-0.05, 0) is 11.6 Å². The predicted molar refractivity (Wildman–Crippen MR) is 64.4 cm³/mol. The number of nitrogen functional groups attached to an aromatic ring is 1. The molecule has 0 atom stereocenters. The summed E-state index contributed by atoms with van der Waals surface area (Å²) in [5.74, 6) is 0.747. The van der Waals surface area contributed by atoms with Crippen molar-refractivity contribution in [1.82, 2.24) is 4.98 Å². The van der Waals surface area contributed by atoms with Crippen molar-refractivity contribution in [2.45, 2.75) is 6.61 Å². The van der Waals surface area contributed by atoms with Gasteiger partial charge in [-0.3, -0.25) is 0 Å². The summed E-state index contributed by atoms with van der Waals surface area (Å²) in [6, 6.07) is 11.5. The van der Waals surface area contributed by atoms with Crippen LogP contribution in [-0.2, 0) is 6.61 Å². The smallest absolute Gasteiger partial charge is 0.180 e. The van der Waals surface area contributed by atoms with Gasteiger partial charge in [0.05, 0.1) is 5.02 Å². The maximum absolute atomic E-state index is 5.95. The molecule has 16 heavy (non-hydrogen) atoms. The van der Waals surface area contributed by atoms with Crippen molar-refractivity contribution in [2.24, 2.45) is 0 Å². The highest BCUT2D eigenvalue weighted by atomic mass is 35.5. The Labute approximate surface area is 98.8 Å². The standard InChI is InChI=1S/C12H11ClN2O/c13-10-6-7-15-12(14)11(10)16-8-9-4-2-1-3-5-9/h1-7H,8H2,(H2,14,15). The minimum Gasteiger partial charge on any atom is -0.483 e. The van der Waals surface area contributed by atoms with Crippen LogP contribution in [-0.4, -0.2) is 4.98 Å². The molecule has 82 valence electrons. The maximum atomic E-state index is 5.95. The van der Waals surface area contributed by atoms with E-state index < -0.39 is 0 Å². The lowest BCUT2D eigenvalue weighted by atomic mass is 10.2. The van der Waals surface area contributed by atoms with E-state index in [2.05, 4.69) is 4.98 Å². The van der Waals surface area contributed by atoms with Crippen LogP contribution in [0.5, 0.6) is 5.75 Å². The molecule has 2 aromatic rings. The third kappa shape index (κ3) is 2.44. The number of halogens is 1. The molecule has 0 spiro atoms. The summed E-state index contributed by atoms with van der Waals surface area (Å²) in [6.45, 7) is 0.427. The Morgan fingerprint density at radius 1 is 1.19 bits per heavy atom. The highest BCUT2D eigenvalue weighted by molar-refractivity contribution is 6.32. The Morgan fingerprint density at radius 3 is 2.62 bits per heavy atom. The van der Waals surface area contributed by atoms with Crippen molar-refractivity contribution in [1.29, 1.82) is 0 Å². The summed E-state index contributed by atoms with van der Waals surface area (Å²) in [7, 11) is 0. The van der Waals surface area contributed by atoms with Crippen LogP contribution in [0, 0.1) is 0 Å². The van der Waals surface area contributed by atoms with Crippen molar-refractivity contribution in [3.05, 3.63) is 53.2 Å². The summed E-state index contributed by atoms with van der Waals surface area (Å²) in [5, 5.41) is 0.475. The Kier molecular flexibility index (Phi) is 3.27. The van der Waals surface area contributed by atoms with Gasteiger partial charge in [0.2, 0.25) is 0 Å². The lowest BCUT2D eigenvalue weighted by molar-refractivity contribution is 0.307. The van der Waals surface area contributed by atoms with E-state index >= 15 is 0 Å². The second-order valence-corrected chi connectivity index (χ2v) is 3.69. The Hall–Kier alpha value is -1.74. The summed E-state index contributed by atoms with van der Waals surface area (Å²) in [5.41, 5.74) is 6.72. The van der Waals surface area contributed by atoms with Crippen LogP contribution < -0.4 is 10.5 Å². The average Bonchev–Trinajstić information content (AvgIpc) is 2.30. The number of hydrogen-bond donors (Lipinski definition) is 1. The zero-order valence-electron chi connectivity index (χ0n) is 8.56. The largest absolute Gasteiger partial charge is 0.483 e. The number of ether oxygens (including phenoxy) is 1. The molecule has 0 radical (unpaired) electrons. The minimum atomic E-state index is 0.309. The zero-order valence-corrected chi connectivity index (χ0v) is 9.32. The summed E-state index contributed by atoms with van der Waals surface area (Å²) in [6.07, 6.45) is 1.55. The minimum absolute atomic E-state index is 0.309. The highest BCUT2D eigenvalue weighted by Crippen LogP contribution is 2.29. The number of nitrogens with two attached hydrogens (primary N) is 1. The fraction of sp³-hybridized carbons (Fsp3) is 0.0833. The van der Waals surface area contributed by atoms with Gasteiger partial charge in [0, 0.05) is 6.20 Å². The highest BCUT2D eigenvalue weighted by Gasteiger charge is 2.06. The molecule has 0 saturated heterocycles. The van der Waals surface area contributed by atoms with E-state index in [9.17, 15) is 0 Å².